The molecule has 0 fully saturated rings. The molecule has 0 saturated carbocycles. The normalized spacial score (nSPS) is 11.9. The van der Waals surface area contributed by atoms with Gasteiger partial charge in [-0.2, -0.15) is 0 Å². The van der Waals surface area contributed by atoms with Crippen molar-refractivity contribution < 1.29 is 4.79 Å². The summed E-state index contributed by atoms with van der Waals surface area (Å²) >= 11 is 1.61. The third kappa shape index (κ3) is 5.41. The van der Waals surface area contributed by atoms with Crippen LogP contribution in [0.2, 0.25) is 0 Å². The van der Waals surface area contributed by atoms with E-state index < -0.39 is 0 Å². The lowest BCUT2D eigenvalue weighted by Gasteiger charge is -2.16. The molecule has 4 heteroatoms. The van der Waals surface area contributed by atoms with Gasteiger partial charge in [-0.1, -0.05) is 49.7 Å². The van der Waals surface area contributed by atoms with Crippen LogP contribution in [0.3, 0.4) is 0 Å². The van der Waals surface area contributed by atoms with Crippen LogP contribution in [0.15, 0.2) is 53.4 Å². The van der Waals surface area contributed by atoms with Crippen LogP contribution in [-0.4, -0.2) is 19.0 Å². The van der Waals surface area contributed by atoms with Gasteiger partial charge in [-0.25, -0.2) is 0 Å². The third-order valence-electron chi connectivity index (χ3n) is 3.75. The predicted octanol–water partition coefficient (Wildman–Crippen LogP) is 4.17. The highest BCUT2D eigenvalue weighted by molar-refractivity contribution is 7.97. The largest absolute Gasteiger partial charge is 0.355 e. The Balaban J connectivity index is 2.00. The van der Waals surface area contributed by atoms with Crippen molar-refractivity contribution in [3.05, 3.63) is 54.1 Å². The van der Waals surface area contributed by atoms with Gasteiger partial charge in [0.1, 0.15) is 0 Å². The molecule has 0 aliphatic carbocycles. The van der Waals surface area contributed by atoms with Crippen LogP contribution in [0.4, 0.5) is 0 Å². The Bertz CT molecular complexity index is 616. The smallest absolute Gasteiger partial charge is 0.207 e. The minimum atomic E-state index is 0.184. The summed E-state index contributed by atoms with van der Waals surface area (Å²) in [6, 6.07) is 17.1. The molecule has 122 valence electrons. The fourth-order valence-electron chi connectivity index (χ4n) is 2.51. The molecule has 3 nitrogen and oxygen atoms in total. The van der Waals surface area contributed by atoms with Gasteiger partial charge in [0.25, 0.3) is 0 Å². The van der Waals surface area contributed by atoms with Crippen LogP contribution in [0.25, 0.3) is 11.1 Å². The quantitative estimate of drug-likeness (QED) is 0.536. The number of hydrogen-bond acceptors (Lipinski definition) is 3. The molecular formula is C19H24N2OS. The van der Waals surface area contributed by atoms with Gasteiger partial charge in [-0.3, -0.25) is 9.52 Å². The second-order valence-corrected chi connectivity index (χ2v) is 6.53. The van der Waals surface area contributed by atoms with Crippen molar-refractivity contribution in [3.63, 3.8) is 0 Å². The number of hydrogen-bond donors (Lipinski definition) is 2. The van der Waals surface area contributed by atoms with Crippen molar-refractivity contribution in [1.82, 2.24) is 10.0 Å². The topological polar surface area (TPSA) is 41.1 Å². The van der Waals surface area contributed by atoms with Gasteiger partial charge in [0.05, 0.1) is 0 Å². The molecule has 0 bridgehead atoms. The molecule has 0 spiro atoms. The summed E-state index contributed by atoms with van der Waals surface area (Å²) in [5.74, 6) is 0. The molecule has 0 saturated heterocycles. The lowest BCUT2D eigenvalue weighted by Crippen LogP contribution is -2.35. The van der Waals surface area contributed by atoms with Crippen LogP contribution in [-0.2, 0) is 4.79 Å². The Morgan fingerprint density at radius 1 is 1.17 bits per heavy atom. The molecule has 0 aliphatic heterocycles. The summed E-state index contributed by atoms with van der Waals surface area (Å²) in [7, 11) is 0. The Morgan fingerprint density at radius 3 is 2.65 bits per heavy atom. The summed E-state index contributed by atoms with van der Waals surface area (Å²) in [5.41, 5.74) is 3.76. The number of amides is 1. The SMILES string of the molecule is CCCC(CNSc1ccc(C)c(-c2ccccc2)c1)NC=O. The monoisotopic (exact) mass is 328 g/mol. The van der Waals surface area contributed by atoms with E-state index >= 15 is 0 Å². The zero-order chi connectivity index (χ0) is 16.5. The van der Waals surface area contributed by atoms with Gasteiger partial charge in [0, 0.05) is 17.5 Å². The predicted molar refractivity (Wildman–Crippen MR) is 98.4 cm³/mol. The molecule has 0 radical (unpaired) electrons. The van der Waals surface area contributed by atoms with E-state index in [0.29, 0.717) is 0 Å². The maximum atomic E-state index is 10.6. The lowest BCUT2D eigenvalue weighted by molar-refractivity contribution is -0.110. The van der Waals surface area contributed by atoms with E-state index in [1.165, 1.54) is 21.6 Å². The van der Waals surface area contributed by atoms with Gasteiger partial charge in [-0.05, 0) is 54.1 Å². The minimum absolute atomic E-state index is 0.184. The van der Waals surface area contributed by atoms with Crippen molar-refractivity contribution in [1.29, 1.82) is 0 Å². The second-order valence-electron chi connectivity index (χ2n) is 5.56. The zero-order valence-corrected chi connectivity index (χ0v) is 14.5. The summed E-state index contributed by atoms with van der Waals surface area (Å²) in [5, 5.41) is 2.86. The molecule has 1 atom stereocenters. The van der Waals surface area contributed by atoms with E-state index in [-0.39, 0.29) is 6.04 Å². The molecule has 1 amide bonds. The van der Waals surface area contributed by atoms with E-state index in [2.05, 4.69) is 66.4 Å². The van der Waals surface area contributed by atoms with Gasteiger partial charge in [0.2, 0.25) is 6.41 Å². The Morgan fingerprint density at radius 2 is 1.96 bits per heavy atom. The molecule has 23 heavy (non-hydrogen) atoms. The molecule has 2 aromatic rings. The first-order valence-corrected chi connectivity index (χ1v) is 8.81. The first kappa shape index (κ1) is 17.6. The summed E-state index contributed by atoms with van der Waals surface area (Å²) < 4.78 is 3.36. The maximum Gasteiger partial charge on any atom is 0.207 e. The van der Waals surface area contributed by atoms with Crippen LogP contribution < -0.4 is 10.0 Å². The molecule has 1 unspecified atom stereocenters. The first-order valence-electron chi connectivity index (χ1n) is 8.00. The lowest BCUT2D eigenvalue weighted by atomic mass is 10.0. The zero-order valence-electron chi connectivity index (χ0n) is 13.7. The second kappa shape index (κ2) is 9.38. The number of carbonyl (C=O) groups is 1. The van der Waals surface area contributed by atoms with E-state index in [4.69, 9.17) is 0 Å². The third-order valence-corrected chi connectivity index (χ3v) is 4.56. The average molecular weight is 328 g/mol. The fraction of sp³-hybridized carbons (Fsp3) is 0.316. The van der Waals surface area contributed by atoms with Crippen LogP contribution >= 0.6 is 11.9 Å². The van der Waals surface area contributed by atoms with E-state index in [1.54, 1.807) is 11.9 Å². The average Bonchev–Trinajstić information content (AvgIpc) is 2.57. The fourth-order valence-corrected chi connectivity index (χ4v) is 3.27. The standard InChI is InChI=1S/C19H24N2OS/c1-3-7-17(20-14-22)13-21-23-18-11-10-15(2)19(12-18)16-8-5-4-6-9-16/h4-6,8-12,14,17,21H,3,7,13H2,1-2H3,(H,20,22). The van der Waals surface area contributed by atoms with Crippen molar-refractivity contribution in [2.45, 2.75) is 37.6 Å². The molecule has 0 heterocycles. The molecule has 2 rings (SSSR count). The highest BCUT2D eigenvalue weighted by Crippen LogP contribution is 2.27. The first-order chi connectivity index (χ1) is 11.2. The van der Waals surface area contributed by atoms with Crippen LogP contribution in [0.5, 0.6) is 0 Å². The van der Waals surface area contributed by atoms with Crippen molar-refractivity contribution in [3.8, 4) is 11.1 Å². The summed E-state index contributed by atoms with van der Waals surface area (Å²) in [4.78, 5) is 11.8. The van der Waals surface area contributed by atoms with Crippen molar-refractivity contribution >= 4 is 18.4 Å². The molecule has 0 aromatic heterocycles. The molecule has 2 aromatic carbocycles. The highest BCUT2D eigenvalue weighted by Gasteiger charge is 2.07. The summed E-state index contributed by atoms with van der Waals surface area (Å²) in [6.07, 6.45) is 2.82. The molecule has 0 aliphatic rings. The molecular weight excluding hydrogens is 304 g/mol. The van der Waals surface area contributed by atoms with Crippen molar-refractivity contribution in [2.75, 3.05) is 6.54 Å². The van der Waals surface area contributed by atoms with Crippen LogP contribution in [0.1, 0.15) is 25.3 Å². The highest BCUT2D eigenvalue weighted by atomic mass is 32.2. The number of benzene rings is 2. The number of carbonyl (C=O) groups excluding carboxylic acids is 1. The van der Waals surface area contributed by atoms with Crippen molar-refractivity contribution in [2.24, 2.45) is 0 Å². The maximum absolute atomic E-state index is 10.6. The van der Waals surface area contributed by atoms with E-state index in [9.17, 15) is 4.79 Å². The Hall–Kier alpha value is -1.78. The number of nitrogens with one attached hydrogen (secondary N) is 2. The van der Waals surface area contributed by atoms with Gasteiger partial charge < -0.3 is 5.32 Å². The van der Waals surface area contributed by atoms with Gasteiger partial charge in [0.15, 0.2) is 0 Å². The van der Waals surface area contributed by atoms with Gasteiger partial charge in [-0.15, -0.1) is 0 Å². The van der Waals surface area contributed by atoms with E-state index in [1.807, 2.05) is 6.07 Å². The minimum Gasteiger partial charge on any atom is -0.355 e. The molecule has 2 N–H and O–H groups in total. The number of aryl methyl sites for hydroxylation is 1. The Kier molecular flexibility index (Phi) is 7.17. The Labute approximate surface area is 143 Å². The van der Waals surface area contributed by atoms with E-state index in [0.717, 1.165) is 25.8 Å². The summed E-state index contributed by atoms with van der Waals surface area (Å²) in [6.45, 7) is 5.01. The number of rotatable bonds is 9. The van der Waals surface area contributed by atoms with Crippen LogP contribution in [0, 0.1) is 6.92 Å². The van der Waals surface area contributed by atoms with Gasteiger partial charge >= 0.3 is 0 Å².